The van der Waals surface area contributed by atoms with Crippen LogP contribution in [-0.2, 0) is 19.9 Å². The van der Waals surface area contributed by atoms with Crippen LogP contribution >= 0.6 is 23.4 Å². The standard InChI is InChI=1S/C45H51ClF3N5O5S3/c46-37-16-12-35(13-17-37)34-10-8-33(9-11-34)31-53-26-28-54(29-27-53)39-18-14-36(15-19-39)44(55)51-62(58,59)41-20-21-42(43(30-41)61(56,57)45(47,48)49)50-38(22-25-52-23-4-5-24-52)32-60-40-6-2-1-3-7-40/h1-3,6-8,12-21,30,34,38,50H,4-5,9-11,22-29,31-32H2,(H,51,55)/t34?,38-/m1/s1. The van der Waals surface area contributed by atoms with Crippen LogP contribution in [0.15, 0.2) is 123 Å². The molecule has 0 radical (unpaired) electrons. The molecule has 2 aliphatic heterocycles. The van der Waals surface area contributed by atoms with Crippen LogP contribution in [0.5, 0.6) is 0 Å². The van der Waals surface area contributed by atoms with E-state index in [1.807, 2.05) is 47.2 Å². The molecule has 0 aromatic heterocycles. The number of halogens is 4. The van der Waals surface area contributed by atoms with E-state index in [-0.39, 0.29) is 11.3 Å². The van der Waals surface area contributed by atoms with Gasteiger partial charge in [-0.05, 0) is 130 Å². The van der Waals surface area contributed by atoms with E-state index in [1.165, 1.54) is 35.0 Å². The highest BCUT2D eigenvalue weighted by Gasteiger charge is 2.48. The van der Waals surface area contributed by atoms with Gasteiger partial charge in [-0.2, -0.15) is 13.2 Å². The van der Waals surface area contributed by atoms with Gasteiger partial charge in [0.1, 0.15) is 4.90 Å². The number of alkyl halides is 3. The van der Waals surface area contributed by atoms with Crippen LogP contribution in [0.3, 0.4) is 0 Å². The molecule has 10 nitrogen and oxygen atoms in total. The van der Waals surface area contributed by atoms with Crippen LogP contribution < -0.4 is 14.9 Å². The van der Waals surface area contributed by atoms with Gasteiger partial charge in [0.2, 0.25) is 0 Å². The van der Waals surface area contributed by atoms with Crippen molar-refractivity contribution < 1.29 is 34.8 Å². The van der Waals surface area contributed by atoms with Crippen molar-refractivity contribution in [1.82, 2.24) is 14.5 Å². The third-order valence-corrected chi connectivity index (χ3v) is 16.1. The summed E-state index contributed by atoms with van der Waals surface area (Å²) in [6.45, 7) is 6.61. The summed E-state index contributed by atoms with van der Waals surface area (Å²) in [5.74, 6) is -0.104. The molecule has 1 aliphatic carbocycles. The number of carbonyl (C=O) groups is 1. The van der Waals surface area contributed by atoms with Gasteiger partial charge >= 0.3 is 5.51 Å². The molecule has 17 heteroatoms. The van der Waals surface area contributed by atoms with Crippen LogP contribution in [0.25, 0.3) is 0 Å². The Hall–Kier alpha value is -4.06. The molecular weight excluding hydrogens is 879 g/mol. The zero-order chi connectivity index (χ0) is 43.9. The molecular formula is C45H51ClF3N5O5S3. The number of hydrogen-bond acceptors (Lipinski definition) is 10. The number of hydrogen-bond donors (Lipinski definition) is 2. The van der Waals surface area contributed by atoms with Gasteiger partial charge in [-0.25, -0.2) is 21.6 Å². The van der Waals surface area contributed by atoms with Crippen LogP contribution in [0.1, 0.15) is 60.4 Å². The number of nitrogens with zero attached hydrogens (tertiary/aromatic N) is 3. The Labute approximate surface area is 371 Å². The number of sulfonamides is 1. The Bertz CT molecular complexity index is 2410. The van der Waals surface area contributed by atoms with E-state index < -0.39 is 47.1 Å². The third kappa shape index (κ3) is 11.7. The van der Waals surface area contributed by atoms with E-state index >= 15 is 0 Å². The molecule has 62 heavy (non-hydrogen) atoms. The van der Waals surface area contributed by atoms with E-state index in [0.29, 0.717) is 30.7 Å². The summed E-state index contributed by atoms with van der Waals surface area (Å²) in [4.78, 5) is 19.0. The van der Waals surface area contributed by atoms with Crippen LogP contribution in [0.2, 0.25) is 5.02 Å². The van der Waals surface area contributed by atoms with Gasteiger partial charge in [-0.15, -0.1) is 11.8 Å². The maximum Gasteiger partial charge on any atom is 0.501 e. The van der Waals surface area contributed by atoms with Crippen LogP contribution in [0.4, 0.5) is 24.5 Å². The molecule has 332 valence electrons. The summed E-state index contributed by atoms with van der Waals surface area (Å²) in [7, 11) is -10.8. The summed E-state index contributed by atoms with van der Waals surface area (Å²) in [6, 6.07) is 26.0. The van der Waals surface area contributed by atoms with Gasteiger partial charge in [-0.3, -0.25) is 9.69 Å². The number of thioether (sulfide) groups is 1. The van der Waals surface area contributed by atoms with Gasteiger partial charge in [0.05, 0.1) is 10.6 Å². The van der Waals surface area contributed by atoms with Crippen molar-refractivity contribution in [2.45, 2.75) is 70.7 Å². The highest BCUT2D eigenvalue weighted by molar-refractivity contribution is 7.99. The lowest BCUT2D eigenvalue weighted by Gasteiger charge is -2.37. The minimum Gasteiger partial charge on any atom is -0.380 e. The first kappa shape index (κ1) is 45.9. The maximum absolute atomic E-state index is 14.1. The summed E-state index contributed by atoms with van der Waals surface area (Å²) in [5.41, 5.74) is -2.46. The summed E-state index contributed by atoms with van der Waals surface area (Å²) < 4.78 is 97.2. The van der Waals surface area contributed by atoms with E-state index in [4.69, 9.17) is 11.6 Å². The minimum atomic E-state index is -6.02. The van der Waals surface area contributed by atoms with E-state index in [0.717, 1.165) is 106 Å². The average molecular weight is 931 g/mol. The average Bonchev–Trinajstić information content (AvgIpc) is 3.79. The molecule has 1 amide bonds. The molecule has 4 aromatic carbocycles. The molecule has 2 heterocycles. The van der Waals surface area contributed by atoms with E-state index in [2.05, 4.69) is 38.2 Å². The molecule has 0 spiro atoms. The van der Waals surface area contributed by atoms with E-state index in [1.54, 1.807) is 12.1 Å². The first-order chi connectivity index (χ1) is 29.6. The smallest absolute Gasteiger partial charge is 0.380 e. The maximum atomic E-state index is 14.1. The molecule has 2 fully saturated rings. The largest absolute Gasteiger partial charge is 0.501 e. The summed E-state index contributed by atoms with van der Waals surface area (Å²) in [5, 5.41) is 3.75. The number of benzene rings is 4. The predicted molar refractivity (Wildman–Crippen MR) is 240 cm³/mol. The zero-order valence-electron chi connectivity index (χ0n) is 34.2. The number of amides is 1. The zero-order valence-corrected chi connectivity index (χ0v) is 37.4. The highest BCUT2D eigenvalue weighted by atomic mass is 35.5. The van der Waals surface area contributed by atoms with Crippen molar-refractivity contribution in [2.24, 2.45) is 0 Å². The van der Waals surface area contributed by atoms with Crippen LogP contribution in [-0.4, -0.2) is 102 Å². The number of sulfone groups is 1. The number of piperazine rings is 1. The molecule has 4 aromatic rings. The van der Waals surface area contributed by atoms with Crippen molar-refractivity contribution in [3.63, 3.8) is 0 Å². The topological polar surface area (TPSA) is 119 Å². The third-order valence-electron chi connectivity index (χ3n) is 11.8. The van der Waals surface area contributed by atoms with Gasteiger partial charge < -0.3 is 15.1 Å². The lowest BCUT2D eigenvalue weighted by atomic mass is 9.84. The van der Waals surface area contributed by atoms with Gasteiger partial charge in [0.25, 0.3) is 25.8 Å². The van der Waals surface area contributed by atoms with Crippen molar-refractivity contribution in [1.29, 1.82) is 0 Å². The van der Waals surface area contributed by atoms with Gasteiger partial charge in [0.15, 0.2) is 0 Å². The molecule has 2 saturated heterocycles. The fraction of sp³-hybridized carbons (Fsp3) is 0.400. The summed E-state index contributed by atoms with van der Waals surface area (Å²) >= 11 is 7.54. The predicted octanol–water partition coefficient (Wildman–Crippen LogP) is 8.83. The molecule has 1 unspecified atom stereocenters. The van der Waals surface area contributed by atoms with Crippen molar-refractivity contribution in [2.75, 3.05) is 68.3 Å². The first-order valence-corrected chi connectivity index (χ1v) is 25.2. The first-order valence-electron chi connectivity index (χ1n) is 20.8. The number of likely N-dealkylation sites (tertiary alicyclic amines) is 1. The minimum absolute atomic E-state index is 0.00952. The Morgan fingerprint density at radius 2 is 1.53 bits per heavy atom. The number of allylic oxidation sites excluding steroid dienone is 1. The lowest BCUT2D eigenvalue weighted by Crippen LogP contribution is -2.47. The second-order valence-electron chi connectivity index (χ2n) is 16.0. The van der Waals surface area contributed by atoms with E-state index in [9.17, 15) is 34.8 Å². The van der Waals surface area contributed by atoms with Gasteiger partial charge in [0, 0.05) is 72.2 Å². The molecule has 0 saturated carbocycles. The Kier molecular flexibility index (Phi) is 15.0. The van der Waals surface area contributed by atoms with Crippen molar-refractivity contribution in [3.05, 3.63) is 125 Å². The lowest BCUT2D eigenvalue weighted by molar-refractivity contribution is -0.0435. The fourth-order valence-electron chi connectivity index (χ4n) is 8.20. The van der Waals surface area contributed by atoms with Crippen molar-refractivity contribution in [3.8, 4) is 0 Å². The SMILES string of the molecule is O=C(NS(=O)(=O)c1ccc(N[C@H](CCN2CCCC2)CSc2ccccc2)c(S(=O)(=O)C(F)(F)F)c1)c1ccc(N2CCN(CC3=CCC(c4ccc(Cl)cc4)CC3)CC2)cc1. The second-order valence-corrected chi connectivity index (χ2v) is 21.2. The molecule has 7 rings (SSSR count). The quantitative estimate of drug-likeness (QED) is 0.0834. The highest BCUT2D eigenvalue weighted by Crippen LogP contribution is 2.37. The number of nitrogens with one attached hydrogen (secondary N) is 2. The molecule has 0 bridgehead atoms. The Balaban J connectivity index is 0.980. The van der Waals surface area contributed by atoms with Crippen molar-refractivity contribution >= 4 is 60.5 Å². The monoisotopic (exact) mass is 929 g/mol. The van der Waals surface area contributed by atoms with Crippen LogP contribution in [0, 0.1) is 0 Å². The Morgan fingerprint density at radius 3 is 2.18 bits per heavy atom. The number of anilines is 2. The summed E-state index contributed by atoms with van der Waals surface area (Å²) in [6.07, 6.45) is 8.14. The number of carbonyl (C=O) groups excluding carboxylic acids is 1. The van der Waals surface area contributed by atoms with Gasteiger partial charge in [-0.1, -0.05) is 53.6 Å². The molecule has 2 N–H and O–H groups in total. The second kappa shape index (κ2) is 20.2. The fourth-order valence-corrected chi connectivity index (χ4v) is 11.3. The normalized spacial score (nSPS) is 18.6. The molecule has 3 aliphatic rings. The number of rotatable bonds is 16. The molecule has 2 atom stereocenters. The Morgan fingerprint density at radius 1 is 0.839 bits per heavy atom.